The molecule has 1 aliphatic carbocycles. The number of carbonyl (C=O) groups is 1. The smallest absolute Gasteiger partial charge is 0.250 e. The van der Waals surface area contributed by atoms with Crippen molar-refractivity contribution in [3.05, 3.63) is 53.1 Å². The molecule has 2 aromatic rings. The number of rotatable bonds is 4. The number of hydrogen-bond donors (Lipinski definition) is 2. The molecule has 140 valence electrons. The molecule has 0 aliphatic heterocycles. The van der Waals surface area contributed by atoms with Crippen LogP contribution in [0.4, 0.5) is 5.69 Å². The van der Waals surface area contributed by atoms with E-state index >= 15 is 0 Å². The molecule has 1 saturated carbocycles. The van der Waals surface area contributed by atoms with E-state index in [0.717, 1.165) is 18.0 Å². The van der Waals surface area contributed by atoms with Gasteiger partial charge in [0, 0.05) is 30.8 Å². The van der Waals surface area contributed by atoms with Gasteiger partial charge in [0.1, 0.15) is 0 Å². The number of nitrogens with zero attached hydrogens (tertiary/aromatic N) is 2. The second-order valence-corrected chi connectivity index (χ2v) is 7.15. The number of nitrogens with one attached hydrogen (secondary N) is 1. The third-order valence-corrected chi connectivity index (χ3v) is 4.68. The van der Waals surface area contributed by atoms with E-state index < -0.39 is 5.91 Å². The minimum absolute atomic E-state index is 0.418. The Balaban J connectivity index is 0.000000197. The quantitative estimate of drug-likeness (QED) is 0.863. The van der Waals surface area contributed by atoms with Crippen molar-refractivity contribution >= 4 is 11.6 Å². The first kappa shape index (κ1) is 19.9. The van der Waals surface area contributed by atoms with E-state index in [9.17, 15) is 4.79 Å². The second-order valence-electron chi connectivity index (χ2n) is 7.15. The maximum Gasteiger partial charge on any atom is 0.250 e. The van der Waals surface area contributed by atoms with Crippen LogP contribution in [0.5, 0.6) is 0 Å². The number of hydrogen-bond acceptors (Lipinski definition) is 4. The Kier molecular flexibility index (Phi) is 7.57. The first-order valence-electron chi connectivity index (χ1n) is 9.34. The van der Waals surface area contributed by atoms with Crippen LogP contribution >= 0.6 is 0 Å². The van der Waals surface area contributed by atoms with E-state index in [2.05, 4.69) is 28.3 Å². The highest BCUT2D eigenvalue weighted by Gasteiger charge is 2.12. The molecule has 2 heterocycles. The number of primary amides is 1. The van der Waals surface area contributed by atoms with Gasteiger partial charge < -0.3 is 11.1 Å². The van der Waals surface area contributed by atoms with E-state index in [0.29, 0.717) is 11.3 Å². The van der Waals surface area contributed by atoms with Crippen LogP contribution in [0.3, 0.4) is 0 Å². The predicted molar refractivity (Wildman–Crippen MR) is 106 cm³/mol. The molecule has 1 amide bonds. The summed E-state index contributed by atoms with van der Waals surface area (Å²) >= 11 is 0. The number of pyridine rings is 2. The first-order chi connectivity index (χ1) is 12.5. The van der Waals surface area contributed by atoms with E-state index in [4.69, 9.17) is 5.73 Å². The van der Waals surface area contributed by atoms with E-state index in [1.807, 2.05) is 19.3 Å². The van der Waals surface area contributed by atoms with Gasteiger partial charge in [0.2, 0.25) is 0 Å². The summed E-state index contributed by atoms with van der Waals surface area (Å²) < 4.78 is 0. The fourth-order valence-electron chi connectivity index (χ4n) is 3.19. The van der Waals surface area contributed by atoms with Crippen LogP contribution in [-0.2, 0) is 0 Å². The number of anilines is 1. The van der Waals surface area contributed by atoms with Crippen molar-refractivity contribution in [3.8, 4) is 0 Å². The average molecular weight is 354 g/mol. The molecule has 3 rings (SSSR count). The van der Waals surface area contributed by atoms with Gasteiger partial charge in [-0.2, -0.15) is 0 Å². The normalized spacial score (nSPS) is 14.3. The maximum atomic E-state index is 10.8. The Morgan fingerprint density at radius 3 is 2.38 bits per heavy atom. The Labute approximate surface area is 156 Å². The zero-order valence-corrected chi connectivity index (χ0v) is 16.1. The van der Waals surface area contributed by atoms with Crippen molar-refractivity contribution in [2.45, 2.75) is 52.9 Å². The Bertz CT molecular complexity index is 724. The van der Waals surface area contributed by atoms with Crippen LogP contribution < -0.4 is 11.1 Å². The fraction of sp³-hybridized carbons (Fsp3) is 0.476. The molecular formula is C21H30N4O. The van der Waals surface area contributed by atoms with Crippen molar-refractivity contribution in [1.29, 1.82) is 0 Å². The molecule has 5 heteroatoms. The van der Waals surface area contributed by atoms with Crippen molar-refractivity contribution in [2.75, 3.05) is 11.9 Å². The van der Waals surface area contributed by atoms with Gasteiger partial charge >= 0.3 is 0 Å². The highest BCUT2D eigenvalue weighted by atomic mass is 16.1. The van der Waals surface area contributed by atoms with Gasteiger partial charge in [-0.15, -0.1) is 0 Å². The Hall–Kier alpha value is -2.43. The number of aromatic nitrogens is 2. The molecular weight excluding hydrogens is 324 g/mol. The summed E-state index contributed by atoms with van der Waals surface area (Å²) in [5.41, 5.74) is 9.63. The molecule has 0 unspecified atom stereocenters. The fourth-order valence-corrected chi connectivity index (χ4v) is 3.19. The summed E-state index contributed by atoms with van der Waals surface area (Å²) in [6.07, 6.45) is 12.6. The van der Waals surface area contributed by atoms with Crippen molar-refractivity contribution < 1.29 is 4.79 Å². The summed E-state index contributed by atoms with van der Waals surface area (Å²) in [6.45, 7) is 6.84. The third kappa shape index (κ3) is 6.47. The van der Waals surface area contributed by atoms with Gasteiger partial charge in [0.25, 0.3) is 5.91 Å². The maximum absolute atomic E-state index is 10.8. The first-order valence-corrected chi connectivity index (χ1v) is 9.34. The van der Waals surface area contributed by atoms with Gasteiger partial charge in [0.15, 0.2) is 0 Å². The predicted octanol–water partition coefficient (Wildman–Crippen LogP) is 4.18. The van der Waals surface area contributed by atoms with Crippen molar-refractivity contribution in [3.63, 3.8) is 0 Å². The number of nitrogens with two attached hydrogens (primary N) is 1. The summed E-state index contributed by atoms with van der Waals surface area (Å²) in [4.78, 5) is 18.9. The summed E-state index contributed by atoms with van der Waals surface area (Å²) in [5.74, 6) is 0.456. The molecule has 2 aromatic heterocycles. The summed E-state index contributed by atoms with van der Waals surface area (Å²) in [5, 5.41) is 3.49. The number of aryl methyl sites for hydroxylation is 3. The van der Waals surface area contributed by atoms with Crippen LogP contribution in [0.1, 0.15) is 59.3 Å². The topological polar surface area (TPSA) is 80.9 Å². The monoisotopic (exact) mass is 354 g/mol. The zero-order valence-electron chi connectivity index (χ0n) is 16.1. The van der Waals surface area contributed by atoms with Crippen LogP contribution in [0, 0.1) is 26.7 Å². The number of carbonyl (C=O) groups excluding carboxylic acids is 1. The van der Waals surface area contributed by atoms with E-state index in [1.54, 1.807) is 19.2 Å². The summed E-state index contributed by atoms with van der Waals surface area (Å²) in [6, 6.07) is 3.90. The lowest BCUT2D eigenvalue weighted by Crippen LogP contribution is -2.17. The molecule has 0 radical (unpaired) electrons. The third-order valence-electron chi connectivity index (χ3n) is 4.68. The van der Waals surface area contributed by atoms with Crippen LogP contribution in [0.15, 0.2) is 30.7 Å². The second kappa shape index (κ2) is 9.90. The van der Waals surface area contributed by atoms with Crippen LogP contribution in [0.25, 0.3) is 0 Å². The largest absolute Gasteiger partial charge is 0.384 e. The lowest BCUT2D eigenvalue weighted by atomic mass is 9.89. The standard InChI is InChI=1S/C13H20N2.C8H10N2O/c1-11-7-13(10-14-8-11)15-9-12-5-3-2-4-6-12;1-5-3-7(8(9)11)6(2)10-4-5/h7-8,10,12,15H,2-6,9H2,1H3;3-4H,1-2H3,(H2,9,11). The zero-order chi connectivity index (χ0) is 18.9. The van der Waals surface area contributed by atoms with Crippen LogP contribution in [0.2, 0.25) is 0 Å². The molecule has 3 N–H and O–H groups in total. The highest BCUT2D eigenvalue weighted by Crippen LogP contribution is 2.23. The minimum atomic E-state index is -0.418. The van der Waals surface area contributed by atoms with Crippen molar-refractivity contribution in [1.82, 2.24) is 9.97 Å². The molecule has 1 fully saturated rings. The van der Waals surface area contributed by atoms with E-state index in [1.165, 1.54) is 43.4 Å². The molecule has 1 aliphatic rings. The van der Waals surface area contributed by atoms with Gasteiger partial charge in [0.05, 0.1) is 11.3 Å². The van der Waals surface area contributed by atoms with Crippen LogP contribution in [-0.4, -0.2) is 22.4 Å². The van der Waals surface area contributed by atoms with Gasteiger partial charge in [-0.3, -0.25) is 14.8 Å². The Morgan fingerprint density at radius 1 is 1.08 bits per heavy atom. The molecule has 5 nitrogen and oxygen atoms in total. The molecule has 0 aromatic carbocycles. The SMILES string of the molecule is Cc1cnc(C)c(C(N)=O)c1.Cc1cncc(NCC2CCCCC2)c1. The molecule has 0 spiro atoms. The van der Waals surface area contributed by atoms with Gasteiger partial charge in [-0.05, 0) is 62.8 Å². The molecule has 0 bridgehead atoms. The lowest BCUT2D eigenvalue weighted by molar-refractivity contribution is 0.0999. The lowest BCUT2D eigenvalue weighted by Gasteiger charge is -2.22. The Morgan fingerprint density at radius 2 is 1.77 bits per heavy atom. The molecule has 0 atom stereocenters. The van der Waals surface area contributed by atoms with E-state index in [-0.39, 0.29) is 0 Å². The van der Waals surface area contributed by atoms with Gasteiger partial charge in [-0.1, -0.05) is 19.3 Å². The number of amides is 1. The van der Waals surface area contributed by atoms with Gasteiger partial charge in [-0.25, -0.2) is 0 Å². The summed E-state index contributed by atoms with van der Waals surface area (Å²) in [7, 11) is 0. The minimum Gasteiger partial charge on any atom is -0.384 e. The average Bonchev–Trinajstić information content (AvgIpc) is 2.63. The highest BCUT2D eigenvalue weighted by molar-refractivity contribution is 5.93. The van der Waals surface area contributed by atoms with Crippen molar-refractivity contribution in [2.24, 2.45) is 11.7 Å². The molecule has 26 heavy (non-hydrogen) atoms. The molecule has 0 saturated heterocycles.